The van der Waals surface area contributed by atoms with E-state index in [9.17, 15) is 9.90 Å². The third-order valence-electron chi connectivity index (χ3n) is 3.50. The Morgan fingerprint density at radius 2 is 1.86 bits per heavy atom. The first-order valence-corrected chi connectivity index (χ1v) is 8.09. The van der Waals surface area contributed by atoms with E-state index in [0.717, 1.165) is 21.5 Å². The fraction of sp³-hybridized carbons (Fsp3) is 0.176. The van der Waals surface area contributed by atoms with Gasteiger partial charge in [0.2, 0.25) is 0 Å². The minimum absolute atomic E-state index is 0.304. The van der Waals surface area contributed by atoms with Crippen molar-refractivity contribution in [2.45, 2.75) is 19.8 Å². The van der Waals surface area contributed by atoms with Gasteiger partial charge in [-0.1, -0.05) is 37.6 Å². The molecule has 0 unspecified atom stereocenters. The Morgan fingerprint density at radius 3 is 2.45 bits per heavy atom. The number of hydrogen-bond acceptors (Lipinski definition) is 3. The second-order valence-electron chi connectivity index (χ2n) is 5.36. The fourth-order valence-electron chi connectivity index (χ4n) is 2.37. The summed E-state index contributed by atoms with van der Waals surface area (Å²) < 4.78 is 0. The number of carboxylic acids is 1. The zero-order valence-corrected chi connectivity index (χ0v) is 13.7. The summed E-state index contributed by atoms with van der Waals surface area (Å²) in [6.45, 7) is 4.14. The molecule has 1 N–H and O–H groups in total. The standard InChI is InChI=1S/C17H14ClNO2S/c1-9(2)13-8-7-12-14(10-3-5-11(18)6-4-10)15(17(20)21)22-16(12)19-13/h3-9H,1-2H3,(H,20,21). The average molecular weight is 332 g/mol. The van der Waals surface area contributed by atoms with Crippen molar-refractivity contribution in [2.24, 2.45) is 0 Å². The predicted molar refractivity (Wildman–Crippen MR) is 91.1 cm³/mol. The Balaban J connectivity index is 2.29. The molecule has 0 amide bonds. The number of carboxylic acid groups (broad SMARTS) is 1. The van der Waals surface area contributed by atoms with Crippen LogP contribution < -0.4 is 0 Å². The molecule has 3 nitrogen and oxygen atoms in total. The van der Waals surface area contributed by atoms with Crippen LogP contribution in [0.1, 0.15) is 35.1 Å². The van der Waals surface area contributed by atoms with Gasteiger partial charge in [-0.05, 0) is 35.7 Å². The highest BCUT2D eigenvalue weighted by molar-refractivity contribution is 7.21. The number of thiophene rings is 1. The van der Waals surface area contributed by atoms with E-state index in [1.807, 2.05) is 24.3 Å². The molecule has 3 aromatic rings. The molecule has 0 atom stereocenters. The molecule has 3 rings (SSSR count). The van der Waals surface area contributed by atoms with E-state index in [1.165, 1.54) is 11.3 Å². The fourth-order valence-corrected chi connectivity index (χ4v) is 3.54. The molecule has 0 aliphatic carbocycles. The SMILES string of the molecule is CC(C)c1ccc2c(-c3ccc(Cl)cc3)c(C(=O)O)sc2n1. The Kier molecular flexibility index (Phi) is 3.89. The first-order valence-electron chi connectivity index (χ1n) is 6.90. The van der Waals surface area contributed by atoms with Gasteiger partial charge in [0, 0.05) is 21.7 Å². The molecule has 112 valence electrons. The zero-order valence-electron chi connectivity index (χ0n) is 12.1. The van der Waals surface area contributed by atoms with Gasteiger partial charge in [-0.3, -0.25) is 0 Å². The number of aromatic nitrogens is 1. The highest BCUT2D eigenvalue weighted by Gasteiger charge is 2.20. The van der Waals surface area contributed by atoms with Crippen LogP contribution in [0.5, 0.6) is 0 Å². The van der Waals surface area contributed by atoms with Crippen LogP contribution in [0.25, 0.3) is 21.3 Å². The lowest BCUT2D eigenvalue weighted by Crippen LogP contribution is -1.94. The lowest BCUT2D eigenvalue weighted by Gasteiger charge is -2.05. The Morgan fingerprint density at radius 1 is 1.18 bits per heavy atom. The van der Waals surface area contributed by atoms with E-state index in [-0.39, 0.29) is 0 Å². The van der Waals surface area contributed by atoms with Gasteiger partial charge in [-0.25, -0.2) is 9.78 Å². The third kappa shape index (κ3) is 2.60. The number of benzene rings is 1. The minimum atomic E-state index is -0.931. The van der Waals surface area contributed by atoms with Gasteiger partial charge in [0.05, 0.1) is 0 Å². The molecule has 1 aromatic carbocycles. The highest BCUT2D eigenvalue weighted by atomic mass is 35.5. The van der Waals surface area contributed by atoms with Crippen molar-refractivity contribution in [3.8, 4) is 11.1 Å². The molecule has 0 bridgehead atoms. The monoisotopic (exact) mass is 331 g/mol. The van der Waals surface area contributed by atoms with E-state index < -0.39 is 5.97 Å². The highest BCUT2D eigenvalue weighted by Crippen LogP contribution is 2.38. The molecule has 2 aromatic heterocycles. The normalized spacial score (nSPS) is 11.3. The smallest absolute Gasteiger partial charge is 0.346 e. The molecule has 0 fully saturated rings. The van der Waals surface area contributed by atoms with Crippen molar-refractivity contribution in [2.75, 3.05) is 0 Å². The summed E-state index contributed by atoms with van der Waals surface area (Å²) in [5.41, 5.74) is 2.52. The molecule has 0 saturated carbocycles. The summed E-state index contributed by atoms with van der Waals surface area (Å²) in [6, 6.07) is 11.1. The number of carbonyl (C=O) groups is 1. The van der Waals surface area contributed by atoms with Crippen molar-refractivity contribution < 1.29 is 9.90 Å². The number of pyridine rings is 1. The Labute approximate surface area is 137 Å². The van der Waals surface area contributed by atoms with Crippen molar-refractivity contribution in [3.63, 3.8) is 0 Å². The second kappa shape index (κ2) is 5.71. The predicted octanol–water partition coefficient (Wildman–Crippen LogP) is 5.44. The molecule has 0 spiro atoms. The zero-order chi connectivity index (χ0) is 15.9. The van der Waals surface area contributed by atoms with Crippen LogP contribution in [-0.4, -0.2) is 16.1 Å². The maximum Gasteiger partial charge on any atom is 0.346 e. The number of rotatable bonds is 3. The van der Waals surface area contributed by atoms with Gasteiger partial charge in [0.1, 0.15) is 9.71 Å². The lowest BCUT2D eigenvalue weighted by molar-refractivity contribution is 0.0703. The number of nitrogens with zero attached hydrogens (tertiary/aromatic N) is 1. The first-order chi connectivity index (χ1) is 10.5. The Bertz CT molecular complexity index is 853. The molecular formula is C17H14ClNO2S. The number of fused-ring (bicyclic) bond motifs is 1. The van der Waals surface area contributed by atoms with Gasteiger partial charge >= 0.3 is 5.97 Å². The van der Waals surface area contributed by atoms with Gasteiger partial charge in [0.15, 0.2) is 0 Å². The summed E-state index contributed by atoms with van der Waals surface area (Å²) >= 11 is 7.14. The molecule has 0 saturated heterocycles. The summed E-state index contributed by atoms with van der Waals surface area (Å²) in [4.78, 5) is 17.3. The minimum Gasteiger partial charge on any atom is -0.477 e. The van der Waals surface area contributed by atoms with E-state index in [1.54, 1.807) is 12.1 Å². The van der Waals surface area contributed by atoms with Crippen molar-refractivity contribution in [1.82, 2.24) is 4.98 Å². The molecule has 0 aliphatic heterocycles. The summed E-state index contributed by atoms with van der Waals surface area (Å²) in [5, 5.41) is 11.0. The largest absolute Gasteiger partial charge is 0.477 e. The molecule has 0 aliphatic rings. The summed E-state index contributed by atoms with van der Waals surface area (Å²) in [6.07, 6.45) is 0. The quantitative estimate of drug-likeness (QED) is 0.695. The van der Waals surface area contributed by atoms with Crippen LogP contribution in [0.4, 0.5) is 0 Å². The van der Waals surface area contributed by atoms with E-state index in [4.69, 9.17) is 11.6 Å². The molecular weight excluding hydrogens is 318 g/mol. The van der Waals surface area contributed by atoms with Gasteiger partial charge < -0.3 is 5.11 Å². The van der Waals surface area contributed by atoms with Crippen molar-refractivity contribution in [1.29, 1.82) is 0 Å². The van der Waals surface area contributed by atoms with Gasteiger partial charge in [0.25, 0.3) is 0 Å². The topological polar surface area (TPSA) is 50.2 Å². The van der Waals surface area contributed by atoms with Crippen LogP contribution in [-0.2, 0) is 0 Å². The van der Waals surface area contributed by atoms with Crippen LogP contribution in [0, 0.1) is 0 Å². The first kappa shape index (κ1) is 15.0. The molecule has 22 heavy (non-hydrogen) atoms. The van der Waals surface area contributed by atoms with Crippen LogP contribution in [0.2, 0.25) is 5.02 Å². The van der Waals surface area contributed by atoms with E-state index in [0.29, 0.717) is 21.4 Å². The van der Waals surface area contributed by atoms with Crippen molar-refractivity contribution in [3.05, 3.63) is 52.0 Å². The van der Waals surface area contributed by atoms with Crippen LogP contribution >= 0.6 is 22.9 Å². The number of aromatic carboxylic acids is 1. The molecule has 0 radical (unpaired) electrons. The second-order valence-corrected chi connectivity index (χ2v) is 6.80. The maximum atomic E-state index is 11.6. The average Bonchev–Trinajstić information content (AvgIpc) is 2.86. The summed E-state index contributed by atoms with van der Waals surface area (Å²) in [7, 11) is 0. The summed E-state index contributed by atoms with van der Waals surface area (Å²) in [5.74, 6) is -0.627. The van der Waals surface area contributed by atoms with Gasteiger partial charge in [-0.15, -0.1) is 11.3 Å². The van der Waals surface area contributed by atoms with Crippen LogP contribution in [0.15, 0.2) is 36.4 Å². The Hall–Kier alpha value is -1.91. The molecule has 2 heterocycles. The van der Waals surface area contributed by atoms with E-state index >= 15 is 0 Å². The number of halogens is 1. The maximum absolute atomic E-state index is 11.6. The number of hydrogen-bond donors (Lipinski definition) is 1. The molecule has 5 heteroatoms. The third-order valence-corrected chi connectivity index (χ3v) is 4.84. The van der Waals surface area contributed by atoms with E-state index in [2.05, 4.69) is 18.8 Å². The van der Waals surface area contributed by atoms with Crippen LogP contribution in [0.3, 0.4) is 0 Å². The lowest BCUT2D eigenvalue weighted by atomic mass is 10.0. The van der Waals surface area contributed by atoms with Gasteiger partial charge in [-0.2, -0.15) is 0 Å². The van der Waals surface area contributed by atoms with Crippen molar-refractivity contribution >= 4 is 39.1 Å².